The first-order chi connectivity index (χ1) is 4.79. The highest BCUT2D eigenvalue weighted by Gasteiger charge is 2.40. The van der Waals surface area contributed by atoms with E-state index in [2.05, 4.69) is 0 Å². The number of rotatable bonds is 0. The third-order valence-corrected chi connectivity index (χ3v) is 2.48. The minimum absolute atomic E-state index is 0.160. The van der Waals surface area contributed by atoms with Crippen LogP contribution in [0.15, 0.2) is 0 Å². The van der Waals surface area contributed by atoms with Crippen molar-refractivity contribution in [3.05, 3.63) is 0 Å². The molecule has 2 aliphatic rings. The van der Waals surface area contributed by atoms with Gasteiger partial charge in [0.1, 0.15) is 0 Å². The molecule has 2 fully saturated rings. The lowest BCUT2D eigenvalue weighted by molar-refractivity contribution is -0.128. The second-order valence-corrected chi connectivity index (χ2v) is 3.05. The van der Waals surface area contributed by atoms with Crippen LogP contribution in [0.5, 0.6) is 0 Å². The molecular formula is C7H11NO2. The van der Waals surface area contributed by atoms with E-state index >= 15 is 0 Å². The number of amides is 1. The van der Waals surface area contributed by atoms with Crippen LogP contribution in [0.25, 0.3) is 0 Å². The fourth-order valence-electron chi connectivity index (χ4n) is 1.91. The fourth-order valence-corrected chi connectivity index (χ4v) is 1.91. The van der Waals surface area contributed by atoms with Gasteiger partial charge in [-0.15, -0.1) is 0 Å². The zero-order valence-corrected chi connectivity index (χ0v) is 5.79. The van der Waals surface area contributed by atoms with Crippen LogP contribution >= 0.6 is 0 Å². The van der Waals surface area contributed by atoms with Crippen LogP contribution in [0.3, 0.4) is 0 Å². The normalized spacial score (nSPS) is 38.9. The molecule has 3 nitrogen and oxygen atoms in total. The predicted molar refractivity (Wildman–Crippen MR) is 35.4 cm³/mol. The highest BCUT2D eigenvalue weighted by atomic mass is 16.3. The summed E-state index contributed by atoms with van der Waals surface area (Å²) in [5, 5.41) is 9.32. The summed E-state index contributed by atoms with van der Waals surface area (Å²) in [4.78, 5) is 12.8. The Hall–Kier alpha value is -0.570. The Morgan fingerprint density at radius 2 is 2.30 bits per heavy atom. The van der Waals surface area contributed by atoms with Gasteiger partial charge in [-0.2, -0.15) is 0 Å². The number of hydrogen-bond acceptors (Lipinski definition) is 2. The average Bonchev–Trinajstić information content (AvgIpc) is 2.41. The quantitative estimate of drug-likeness (QED) is 0.505. The number of aliphatic hydroxyl groups excluding tert-OH is 1. The molecule has 0 unspecified atom stereocenters. The van der Waals surface area contributed by atoms with E-state index in [1.54, 1.807) is 0 Å². The van der Waals surface area contributed by atoms with Gasteiger partial charge in [0.05, 0.1) is 12.1 Å². The standard InChI is InChI=1S/C7H11NO2/c9-6-3-4-8-5(6)1-2-7(8)10/h5-6,9H,1-4H2/t5-,6+/m1/s1. The maximum atomic E-state index is 11.0. The Labute approximate surface area is 59.6 Å². The van der Waals surface area contributed by atoms with Crippen molar-refractivity contribution in [3.63, 3.8) is 0 Å². The smallest absolute Gasteiger partial charge is 0.222 e. The summed E-state index contributed by atoms with van der Waals surface area (Å²) in [5.41, 5.74) is 0. The fraction of sp³-hybridized carbons (Fsp3) is 0.857. The molecule has 2 saturated heterocycles. The molecule has 0 radical (unpaired) electrons. The number of carbonyl (C=O) groups excluding carboxylic acids is 1. The largest absolute Gasteiger partial charge is 0.391 e. The molecule has 0 spiro atoms. The molecule has 2 heterocycles. The van der Waals surface area contributed by atoms with Crippen LogP contribution in [0, 0.1) is 0 Å². The third kappa shape index (κ3) is 0.669. The Morgan fingerprint density at radius 1 is 1.50 bits per heavy atom. The lowest BCUT2D eigenvalue weighted by Gasteiger charge is -2.15. The van der Waals surface area contributed by atoms with Crippen molar-refractivity contribution >= 4 is 5.91 Å². The van der Waals surface area contributed by atoms with Gasteiger partial charge >= 0.3 is 0 Å². The van der Waals surface area contributed by atoms with Crippen LogP contribution < -0.4 is 0 Å². The van der Waals surface area contributed by atoms with Crippen LogP contribution in [0.1, 0.15) is 19.3 Å². The van der Waals surface area contributed by atoms with Crippen molar-refractivity contribution < 1.29 is 9.90 Å². The minimum atomic E-state index is -0.244. The van der Waals surface area contributed by atoms with Crippen molar-refractivity contribution in [3.8, 4) is 0 Å². The van der Waals surface area contributed by atoms with Crippen LogP contribution in [-0.2, 0) is 4.79 Å². The molecule has 3 heteroatoms. The van der Waals surface area contributed by atoms with Crippen molar-refractivity contribution in [2.45, 2.75) is 31.4 Å². The van der Waals surface area contributed by atoms with Crippen molar-refractivity contribution in [2.24, 2.45) is 0 Å². The second kappa shape index (κ2) is 1.95. The molecule has 0 saturated carbocycles. The van der Waals surface area contributed by atoms with Crippen molar-refractivity contribution in [1.29, 1.82) is 0 Å². The van der Waals surface area contributed by atoms with Crippen molar-refractivity contribution in [1.82, 2.24) is 4.90 Å². The van der Waals surface area contributed by atoms with Gasteiger partial charge in [-0.1, -0.05) is 0 Å². The molecule has 2 atom stereocenters. The van der Waals surface area contributed by atoms with E-state index in [4.69, 9.17) is 0 Å². The summed E-state index contributed by atoms with van der Waals surface area (Å²) in [7, 11) is 0. The van der Waals surface area contributed by atoms with E-state index in [0.29, 0.717) is 6.42 Å². The third-order valence-electron chi connectivity index (χ3n) is 2.48. The Balaban J connectivity index is 2.16. The zero-order chi connectivity index (χ0) is 7.14. The number of fused-ring (bicyclic) bond motifs is 1. The van der Waals surface area contributed by atoms with E-state index in [1.165, 1.54) is 0 Å². The summed E-state index contributed by atoms with van der Waals surface area (Å²) in [6.07, 6.45) is 2.03. The molecule has 2 aliphatic heterocycles. The maximum absolute atomic E-state index is 11.0. The lowest BCUT2D eigenvalue weighted by atomic mass is 10.1. The number of hydrogen-bond donors (Lipinski definition) is 1. The topological polar surface area (TPSA) is 40.5 Å². The lowest BCUT2D eigenvalue weighted by Crippen LogP contribution is -2.31. The van der Waals surface area contributed by atoms with E-state index in [0.717, 1.165) is 19.4 Å². The Bertz CT molecular complexity index is 169. The van der Waals surface area contributed by atoms with Gasteiger partial charge in [0.15, 0.2) is 0 Å². The molecule has 2 rings (SSSR count). The Morgan fingerprint density at radius 3 is 3.00 bits per heavy atom. The number of aliphatic hydroxyl groups is 1. The monoisotopic (exact) mass is 141 g/mol. The highest BCUT2D eigenvalue weighted by Crippen LogP contribution is 2.28. The van der Waals surface area contributed by atoms with Gasteiger partial charge in [-0.25, -0.2) is 0 Å². The summed E-state index contributed by atoms with van der Waals surface area (Å²) >= 11 is 0. The van der Waals surface area contributed by atoms with E-state index in [-0.39, 0.29) is 18.1 Å². The molecule has 0 bridgehead atoms. The first-order valence-corrected chi connectivity index (χ1v) is 3.76. The highest BCUT2D eigenvalue weighted by molar-refractivity contribution is 5.79. The second-order valence-electron chi connectivity index (χ2n) is 3.05. The van der Waals surface area contributed by atoms with Gasteiger partial charge in [-0.3, -0.25) is 4.79 Å². The summed E-state index contributed by atoms with van der Waals surface area (Å²) in [6.45, 7) is 0.769. The maximum Gasteiger partial charge on any atom is 0.222 e. The van der Waals surface area contributed by atoms with Gasteiger partial charge in [-0.05, 0) is 12.8 Å². The molecule has 1 N–H and O–H groups in total. The molecule has 1 amide bonds. The van der Waals surface area contributed by atoms with Crippen LogP contribution in [-0.4, -0.2) is 34.6 Å². The van der Waals surface area contributed by atoms with Crippen LogP contribution in [0.2, 0.25) is 0 Å². The Kier molecular flexibility index (Phi) is 1.20. The van der Waals surface area contributed by atoms with Crippen molar-refractivity contribution in [2.75, 3.05) is 6.54 Å². The molecule has 0 aliphatic carbocycles. The summed E-state index contributed by atoms with van der Waals surface area (Å²) < 4.78 is 0. The molecule has 10 heavy (non-hydrogen) atoms. The zero-order valence-electron chi connectivity index (χ0n) is 5.79. The van der Waals surface area contributed by atoms with E-state index < -0.39 is 0 Å². The SMILES string of the molecule is O=C1CC[C@@H]2[C@@H](O)CCN12. The van der Waals surface area contributed by atoms with E-state index in [1.807, 2.05) is 4.90 Å². The summed E-state index contributed by atoms with van der Waals surface area (Å²) in [6, 6.07) is 0.160. The van der Waals surface area contributed by atoms with Gasteiger partial charge in [0.25, 0.3) is 0 Å². The average molecular weight is 141 g/mol. The molecule has 56 valence electrons. The number of carbonyl (C=O) groups is 1. The van der Waals surface area contributed by atoms with Gasteiger partial charge in [0.2, 0.25) is 5.91 Å². The number of nitrogens with zero attached hydrogens (tertiary/aromatic N) is 1. The minimum Gasteiger partial charge on any atom is -0.391 e. The molecule has 0 aromatic rings. The first-order valence-electron chi connectivity index (χ1n) is 3.76. The van der Waals surface area contributed by atoms with Gasteiger partial charge in [0, 0.05) is 13.0 Å². The van der Waals surface area contributed by atoms with E-state index in [9.17, 15) is 9.90 Å². The van der Waals surface area contributed by atoms with Gasteiger partial charge < -0.3 is 10.0 Å². The molecule has 0 aromatic heterocycles. The molecule has 0 aromatic carbocycles. The first kappa shape index (κ1) is 6.16. The summed E-state index contributed by atoms with van der Waals surface area (Å²) in [5.74, 6) is 0.224. The predicted octanol–water partition coefficient (Wildman–Crippen LogP) is -0.258. The molecular weight excluding hydrogens is 130 g/mol. The van der Waals surface area contributed by atoms with Crippen LogP contribution in [0.4, 0.5) is 0 Å².